The van der Waals surface area contributed by atoms with Crippen LogP contribution in [0.1, 0.15) is 12.5 Å². The van der Waals surface area contributed by atoms with Gasteiger partial charge < -0.3 is 20.5 Å². The van der Waals surface area contributed by atoms with Crippen LogP contribution in [0.25, 0.3) is 11.2 Å². The third-order valence-electron chi connectivity index (χ3n) is 4.63. The summed E-state index contributed by atoms with van der Waals surface area (Å²) in [7, 11) is 0. The van der Waals surface area contributed by atoms with Gasteiger partial charge >= 0.3 is 0 Å². The normalized spacial score (nSPS) is 30.6. The fourth-order valence-corrected chi connectivity index (χ4v) is 3.34. The van der Waals surface area contributed by atoms with Crippen molar-refractivity contribution in [1.82, 2.24) is 19.5 Å². The van der Waals surface area contributed by atoms with E-state index in [9.17, 15) is 24.7 Å². The highest BCUT2D eigenvalue weighted by atomic mass is 19.1. The number of fused-ring (bicyclic) bond motifs is 1. The van der Waals surface area contributed by atoms with Gasteiger partial charge in [0.2, 0.25) is 5.95 Å². The molecule has 0 radical (unpaired) electrons. The van der Waals surface area contributed by atoms with Crippen molar-refractivity contribution in [3.8, 4) is 6.07 Å². The average Bonchev–Trinajstić information content (AvgIpc) is 3.05. The Morgan fingerprint density at radius 3 is 3.00 bits per heavy atom. The number of nitrogens with two attached hydrogens (primary N) is 1. The van der Waals surface area contributed by atoms with Gasteiger partial charge in [-0.25, -0.2) is 4.98 Å². The first-order valence-electron chi connectivity index (χ1n) is 6.97. The SMILES string of the molecule is N#C[C@]1(CO)C(CF)[C@@H](n2cnc3c(=O)[nH]c(N)nc32)C[C@@H]1O. The number of anilines is 1. The van der Waals surface area contributed by atoms with Gasteiger partial charge in [0.15, 0.2) is 11.2 Å². The zero-order chi connectivity index (χ0) is 16.8. The van der Waals surface area contributed by atoms with Gasteiger partial charge in [-0.05, 0) is 6.42 Å². The Morgan fingerprint density at radius 1 is 1.65 bits per heavy atom. The van der Waals surface area contributed by atoms with Crippen LogP contribution < -0.4 is 11.3 Å². The molecule has 0 amide bonds. The predicted octanol–water partition coefficient (Wildman–Crippen LogP) is -0.905. The van der Waals surface area contributed by atoms with Gasteiger partial charge in [-0.15, -0.1) is 0 Å². The summed E-state index contributed by atoms with van der Waals surface area (Å²) in [5.41, 5.74) is 3.57. The lowest BCUT2D eigenvalue weighted by atomic mass is 9.78. The minimum absolute atomic E-state index is 0.0303. The number of halogens is 1. The van der Waals surface area contributed by atoms with Crippen molar-refractivity contribution in [3.63, 3.8) is 0 Å². The number of imidazole rings is 1. The van der Waals surface area contributed by atoms with Crippen LogP contribution in [-0.2, 0) is 0 Å². The van der Waals surface area contributed by atoms with E-state index in [0.29, 0.717) is 0 Å². The molecule has 1 fully saturated rings. The molecule has 2 aromatic rings. The second-order valence-corrected chi connectivity index (χ2v) is 5.67. The Hall–Kier alpha value is -2.51. The molecule has 23 heavy (non-hydrogen) atoms. The minimum atomic E-state index is -1.61. The van der Waals surface area contributed by atoms with Gasteiger partial charge in [0.1, 0.15) is 5.41 Å². The zero-order valence-corrected chi connectivity index (χ0v) is 12.0. The number of aliphatic hydroxyl groups excluding tert-OH is 2. The average molecular weight is 322 g/mol. The van der Waals surface area contributed by atoms with Crippen LogP contribution in [0.15, 0.2) is 11.1 Å². The Balaban J connectivity index is 2.16. The van der Waals surface area contributed by atoms with Gasteiger partial charge in [0.05, 0.1) is 31.8 Å². The van der Waals surface area contributed by atoms with E-state index in [0.717, 1.165) is 0 Å². The fraction of sp³-hybridized carbons (Fsp3) is 0.538. The number of nitriles is 1. The number of nitrogen functional groups attached to an aromatic ring is 1. The van der Waals surface area contributed by atoms with E-state index in [-0.39, 0.29) is 23.5 Å². The standard InChI is InChI=1S/C13H15FN6O3/c14-2-6-7(1-8(22)13(6,3-15)4-21)20-5-17-9-10(20)18-12(16)19-11(9)23/h5-8,21-22H,1-2,4H2,(H3,16,18,19,23)/t6?,7-,8-,13-/m0/s1. The van der Waals surface area contributed by atoms with Gasteiger partial charge in [0.25, 0.3) is 5.56 Å². The topological polar surface area (TPSA) is 154 Å². The molecule has 5 N–H and O–H groups in total. The summed E-state index contributed by atoms with van der Waals surface area (Å²) in [6.07, 6.45) is 0.125. The van der Waals surface area contributed by atoms with E-state index in [2.05, 4.69) is 15.0 Å². The van der Waals surface area contributed by atoms with E-state index in [1.807, 2.05) is 6.07 Å². The number of nitrogens with zero attached hydrogens (tertiary/aromatic N) is 4. The first kappa shape index (κ1) is 15.4. The van der Waals surface area contributed by atoms with E-state index in [1.165, 1.54) is 10.9 Å². The maximum absolute atomic E-state index is 13.6. The Morgan fingerprint density at radius 2 is 2.39 bits per heavy atom. The summed E-state index contributed by atoms with van der Waals surface area (Å²) < 4.78 is 15.1. The zero-order valence-electron chi connectivity index (χ0n) is 12.0. The maximum Gasteiger partial charge on any atom is 0.280 e. The number of aromatic amines is 1. The highest BCUT2D eigenvalue weighted by Crippen LogP contribution is 2.49. The molecule has 1 aliphatic carbocycles. The number of alkyl halides is 1. The second kappa shape index (κ2) is 5.29. The molecular formula is C13H15FN6O3. The first-order valence-corrected chi connectivity index (χ1v) is 6.97. The summed E-state index contributed by atoms with van der Waals surface area (Å²) in [5.74, 6) is -1.08. The number of hydrogen-bond donors (Lipinski definition) is 4. The maximum atomic E-state index is 13.6. The number of rotatable bonds is 3. The number of H-pyrrole nitrogens is 1. The number of hydrogen-bond acceptors (Lipinski definition) is 7. The number of aromatic nitrogens is 4. The first-order chi connectivity index (χ1) is 11.0. The van der Waals surface area contributed by atoms with Crippen molar-refractivity contribution in [2.24, 2.45) is 11.3 Å². The highest BCUT2D eigenvalue weighted by Gasteiger charge is 2.56. The molecule has 122 valence electrons. The molecule has 4 atom stereocenters. The molecule has 0 aliphatic heterocycles. The molecule has 3 rings (SSSR count). The van der Waals surface area contributed by atoms with Crippen molar-refractivity contribution in [3.05, 3.63) is 16.7 Å². The van der Waals surface area contributed by atoms with Crippen molar-refractivity contribution in [1.29, 1.82) is 5.26 Å². The van der Waals surface area contributed by atoms with E-state index in [4.69, 9.17) is 5.73 Å². The third kappa shape index (κ3) is 2.01. The van der Waals surface area contributed by atoms with Crippen LogP contribution in [0.3, 0.4) is 0 Å². The molecule has 0 saturated heterocycles. The highest BCUT2D eigenvalue weighted by molar-refractivity contribution is 5.70. The molecule has 0 aromatic carbocycles. The summed E-state index contributed by atoms with van der Waals surface area (Å²) >= 11 is 0. The molecule has 9 nitrogen and oxygen atoms in total. The molecule has 1 saturated carbocycles. The van der Waals surface area contributed by atoms with Gasteiger partial charge in [0, 0.05) is 12.0 Å². The van der Waals surface area contributed by atoms with E-state index in [1.54, 1.807) is 0 Å². The summed E-state index contributed by atoms with van der Waals surface area (Å²) in [6, 6.07) is 1.17. The van der Waals surface area contributed by atoms with Crippen molar-refractivity contribution < 1.29 is 14.6 Å². The summed E-state index contributed by atoms with van der Waals surface area (Å²) in [4.78, 5) is 22.1. The van der Waals surface area contributed by atoms with Gasteiger partial charge in [-0.3, -0.25) is 14.2 Å². The second-order valence-electron chi connectivity index (χ2n) is 5.67. The van der Waals surface area contributed by atoms with Crippen LogP contribution in [0.4, 0.5) is 10.3 Å². The lowest BCUT2D eigenvalue weighted by Crippen LogP contribution is -2.39. The molecule has 1 aliphatic rings. The Bertz CT molecular complexity index is 842. The monoisotopic (exact) mass is 322 g/mol. The largest absolute Gasteiger partial charge is 0.395 e. The molecule has 0 spiro atoms. The van der Waals surface area contributed by atoms with Crippen LogP contribution in [0.2, 0.25) is 0 Å². The van der Waals surface area contributed by atoms with Crippen LogP contribution >= 0.6 is 0 Å². The molecule has 1 unspecified atom stereocenters. The van der Waals surface area contributed by atoms with Crippen LogP contribution in [0.5, 0.6) is 0 Å². The lowest BCUT2D eigenvalue weighted by Gasteiger charge is -2.29. The summed E-state index contributed by atoms with van der Waals surface area (Å²) in [6.45, 7) is -1.59. The Kier molecular flexibility index (Phi) is 3.54. The quantitative estimate of drug-likeness (QED) is 0.570. The number of aliphatic hydroxyl groups is 2. The molecular weight excluding hydrogens is 307 g/mol. The molecule has 0 bridgehead atoms. The van der Waals surface area contributed by atoms with Gasteiger partial charge in [-0.2, -0.15) is 10.2 Å². The van der Waals surface area contributed by atoms with Crippen molar-refractivity contribution in [2.75, 3.05) is 19.0 Å². The van der Waals surface area contributed by atoms with Crippen LogP contribution in [-0.4, -0.2) is 49.1 Å². The lowest BCUT2D eigenvalue weighted by molar-refractivity contribution is 0.0138. The smallest absolute Gasteiger partial charge is 0.280 e. The van der Waals surface area contributed by atoms with E-state index < -0.39 is 42.3 Å². The van der Waals surface area contributed by atoms with Crippen molar-refractivity contribution in [2.45, 2.75) is 18.6 Å². The van der Waals surface area contributed by atoms with Gasteiger partial charge in [-0.1, -0.05) is 0 Å². The van der Waals surface area contributed by atoms with Crippen molar-refractivity contribution >= 4 is 17.1 Å². The van der Waals surface area contributed by atoms with E-state index >= 15 is 0 Å². The summed E-state index contributed by atoms with van der Waals surface area (Å²) in [5, 5.41) is 29.1. The predicted molar refractivity (Wildman–Crippen MR) is 76.8 cm³/mol. The Labute approximate surface area is 129 Å². The third-order valence-corrected chi connectivity index (χ3v) is 4.63. The molecule has 2 aromatic heterocycles. The molecule has 10 heteroatoms. The number of nitrogens with one attached hydrogen (secondary N) is 1. The minimum Gasteiger partial charge on any atom is -0.395 e. The molecule has 2 heterocycles. The van der Waals surface area contributed by atoms with Crippen LogP contribution in [0, 0.1) is 22.7 Å². The fourth-order valence-electron chi connectivity index (χ4n) is 3.34.